The van der Waals surface area contributed by atoms with Gasteiger partial charge in [-0.05, 0) is 50.0 Å². The van der Waals surface area contributed by atoms with Crippen LogP contribution in [-0.2, 0) is 6.42 Å². The van der Waals surface area contributed by atoms with Crippen LogP contribution in [0, 0.1) is 0 Å². The van der Waals surface area contributed by atoms with Crippen LogP contribution in [0.15, 0.2) is 18.2 Å². The van der Waals surface area contributed by atoms with E-state index in [2.05, 4.69) is 15.5 Å². The summed E-state index contributed by atoms with van der Waals surface area (Å²) in [6.45, 7) is 4.86. The molecule has 0 unspecified atom stereocenters. The normalized spacial score (nSPS) is 17.0. The Bertz CT molecular complexity index is 530. The first-order chi connectivity index (χ1) is 11.3. The number of likely N-dealkylation sites (tertiary alicyclic amines) is 1. The fourth-order valence-corrected chi connectivity index (χ4v) is 2.99. The summed E-state index contributed by atoms with van der Waals surface area (Å²) in [5.74, 6) is 1.57. The zero-order chi connectivity index (χ0) is 15.9. The van der Waals surface area contributed by atoms with Crippen LogP contribution in [0.2, 0.25) is 0 Å². The fourth-order valence-electron chi connectivity index (χ4n) is 2.99. The lowest BCUT2D eigenvalue weighted by atomic mass is 10.1. The van der Waals surface area contributed by atoms with Gasteiger partial charge in [-0.3, -0.25) is 0 Å². The number of piperidine rings is 1. The maximum Gasteiger partial charge on any atom is 0.314 e. The van der Waals surface area contributed by atoms with Crippen molar-refractivity contribution in [1.29, 1.82) is 0 Å². The van der Waals surface area contributed by atoms with Crippen LogP contribution in [0.1, 0.15) is 24.8 Å². The first-order valence-electron chi connectivity index (χ1n) is 8.44. The fraction of sp³-hybridized carbons (Fsp3) is 0.588. The number of urea groups is 1. The van der Waals surface area contributed by atoms with Crippen LogP contribution in [0.25, 0.3) is 0 Å². The number of nitrogens with one attached hydrogen (secondary N) is 2. The predicted octanol–water partition coefficient (Wildman–Crippen LogP) is 1.74. The Hall–Kier alpha value is -1.95. The third kappa shape index (κ3) is 4.76. The van der Waals surface area contributed by atoms with Crippen LogP contribution in [-0.4, -0.2) is 50.4 Å². The van der Waals surface area contributed by atoms with Crippen molar-refractivity contribution in [3.63, 3.8) is 0 Å². The van der Waals surface area contributed by atoms with Crippen molar-refractivity contribution in [2.45, 2.75) is 25.7 Å². The Labute approximate surface area is 137 Å². The van der Waals surface area contributed by atoms with Crippen molar-refractivity contribution in [3.8, 4) is 11.5 Å². The molecule has 0 radical (unpaired) electrons. The maximum atomic E-state index is 11.8. The van der Waals surface area contributed by atoms with Gasteiger partial charge < -0.3 is 25.0 Å². The molecule has 2 aliphatic rings. The van der Waals surface area contributed by atoms with Crippen LogP contribution >= 0.6 is 0 Å². The van der Waals surface area contributed by atoms with E-state index in [9.17, 15) is 4.79 Å². The molecule has 1 aromatic carbocycles. The van der Waals surface area contributed by atoms with E-state index in [1.807, 2.05) is 18.2 Å². The minimum atomic E-state index is -0.0947. The lowest BCUT2D eigenvalue weighted by molar-refractivity contribution is 0.174. The third-order valence-electron chi connectivity index (χ3n) is 4.30. The van der Waals surface area contributed by atoms with Gasteiger partial charge in [0, 0.05) is 19.6 Å². The van der Waals surface area contributed by atoms with Gasteiger partial charge in [0.2, 0.25) is 6.79 Å². The van der Waals surface area contributed by atoms with Crippen LogP contribution < -0.4 is 20.1 Å². The molecule has 0 atom stereocenters. The summed E-state index contributed by atoms with van der Waals surface area (Å²) in [6, 6.07) is 5.79. The minimum Gasteiger partial charge on any atom is -0.454 e. The molecule has 6 nitrogen and oxygen atoms in total. The molecular weight excluding hydrogens is 294 g/mol. The molecule has 2 aliphatic heterocycles. The van der Waals surface area contributed by atoms with Gasteiger partial charge in [0.15, 0.2) is 11.5 Å². The quantitative estimate of drug-likeness (QED) is 0.838. The molecule has 0 aromatic heterocycles. The monoisotopic (exact) mass is 319 g/mol. The van der Waals surface area contributed by atoms with Crippen LogP contribution in [0.5, 0.6) is 11.5 Å². The smallest absolute Gasteiger partial charge is 0.314 e. The average Bonchev–Trinajstić information content (AvgIpc) is 3.03. The molecule has 0 bridgehead atoms. The largest absolute Gasteiger partial charge is 0.454 e. The second-order valence-corrected chi connectivity index (χ2v) is 6.02. The number of carbonyl (C=O) groups is 1. The molecule has 1 saturated heterocycles. The molecule has 2 amide bonds. The average molecular weight is 319 g/mol. The Morgan fingerprint density at radius 3 is 2.70 bits per heavy atom. The summed E-state index contributed by atoms with van der Waals surface area (Å²) in [5, 5.41) is 5.82. The Kier molecular flexibility index (Phi) is 5.58. The van der Waals surface area contributed by atoms with Crippen molar-refractivity contribution in [2.75, 3.05) is 39.5 Å². The molecule has 0 saturated carbocycles. The van der Waals surface area contributed by atoms with Crippen molar-refractivity contribution in [3.05, 3.63) is 23.8 Å². The standard InChI is InChI=1S/C17H25N3O3/c21-17(19-8-11-20-9-2-1-3-10-20)18-7-6-14-4-5-15-16(12-14)23-13-22-15/h4-5,12H,1-3,6-11,13H2,(H2,18,19,21). The van der Waals surface area contributed by atoms with E-state index in [1.165, 1.54) is 19.3 Å². The van der Waals surface area contributed by atoms with Gasteiger partial charge in [0.1, 0.15) is 0 Å². The Balaban J connectivity index is 1.30. The van der Waals surface area contributed by atoms with Crippen molar-refractivity contribution in [2.24, 2.45) is 0 Å². The van der Waals surface area contributed by atoms with E-state index in [-0.39, 0.29) is 12.8 Å². The highest BCUT2D eigenvalue weighted by Crippen LogP contribution is 2.32. The molecule has 6 heteroatoms. The summed E-state index contributed by atoms with van der Waals surface area (Å²) in [7, 11) is 0. The highest BCUT2D eigenvalue weighted by atomic mass is 16.7. The molecule has 2 heterocycles. The number of fused-ring (bicyclic) bond motifs is 1. The van der Waals surface area contributed by atoms with Crippen molar-refractivity contribution >= 4 is 6.03 Å². The van der Waals surface area contributed by atoms with Crippen molar-refractivity contribution < 1.29 is 14.3 Å². The number of carbonyl (C=O) groups excluding carboxylic acids is 1. The molecule has 1 aromatic rings. The SMILES string of the molecule is O=C(NCCc1ccc2c(c1)OCO2)NCCN1CCCCC1. The zero-order valence-electron chi connectivity index (χ0n) is 13.5. The summed E-state index contributed by atoms with van der Waals surface area (Å²) in [5.41, 5.74) is 1.13. The number of amides is 2. The predicted molar refractivity (Wildman–Crippen MR) is 88.0 cm³/mol. The summed E-state index contributed by atoms with van der Waals surface area (Å²) in [6.07, 6.45) is 4.67. The van der Waals surface area contributed by atoms with E-state index < -0.39 is 0 Å². The number of hydrogen-bond donors (Lipinski definition) is 2. The van der Waals surface area contributed by atoms with Gasteiger partial charge in [-0.15, -0.1) is 0 Å². The second-order valence-electron chi connectivity index (χ2n) is 6.02. The van der Waals surface area contributed by atoms with Gasteiger partial charge in [0.05, 0.1) is 0 Å². The molecular formula is C17H25N3O3. The van der Waals surface area contributed by atoms with E-state index >= 15 is 0 Å². The summed E-state index contributed by atoms with van der Waals surface area (Å²) in [4.78, 5) is 14.2. The van der Waals surface area contributed by atoms with Gasteiger partial charge in [0.25, 0.3) is 0 Å². The summed E-state index contributed by atoms with van der Waals surface area (Å²) < 4.78 is 10.6. The van der Waals surface area contributed by atoms with E-state index in [0.29, 0.717) is 13.1 Å². The minimum absolute atomic E-state index is 0.0947. The van der Waals surface area contributed by atoms with E-state index in [4.69, 9.17) is 9.47 Å². The van der Waals surface area contributed by atoms with E-state index in [0.717, 1.165) is 43.1 Å². The number of hydrogen-bond acceptors (Lipinski definition) is 4. The topological polar surface area (TPSA) is 62.8 Å². The molecule has 0 aliphatic carbocycles. The second kappa shape index (κ2) is 8.06. The summed E-state index contributed by atoms with van der Waals surface area (Å²) >= 11 is 0. The lowest BCUT2D eigenvalue weighted by Gasteiger charge is -2.26. The number of ether oxygens (including phenoxy) is 2. The molecule has 23 heavy (non-hydrogen) atoms. The molecule has 3 rings (SSSR count). The molecule has 1 fully saturated rings. The first kappa shape index (κ1) is 15.9. The number of benzene rings is 1. The maximum absolute atomic E-state index is 11.8. The Morgan fingerprint density at radius 2 is 1.83 bits per heavy atom. The van der Waals surface area contributed by atoms with Crippen LogP contribution in [0.4, 0.5) is 4.79 Å². The number of nitrogens with zero attached hydrogens (tertiary/aromatic N) is 1. The molecule has 0 spiro atoms. The Morgan fingerprint density at radius 1 is 1.04 bits per heavy atom. The lowest BCUT2D eigenvalue weighted by Crippen LogP contribution is -2.42. The van der Waals surface area contributed by atoms with E-state index in [1.54, 1.807) is 0 Å². The number of rotatable bonds is 6. The van der Waals surface area contributed by atoms with Gasteiger partial charge in [-0.2, -0.15) is 0 Å². The zero-order valence-corrected chi connectivity index (χ0v) is 13.5. The molecule has 126 valence electrons. The van der Waals surface area contributed by atoms with Crippen LogP contribution in [0.3, 0.4) is 0 Å². The third-order valence-corrected chi connectivity index (χ3v) is 4.30. The molecule has 2 N–H and O–H groups in total. The highest BCUT2D eigenvalue weighted by molar-refractivity contribution is 5.73. The van der Waals surface area contributed by atoms with Gasteiger partial charge in [-0.1, -0.05) is 12.5 Å². The first-order valence-corrected chi connectivity index (χ1v) is 8.44. The van der Waals surface area contributed by atoms with Gasteiger partial charge >= 0.3 is 6.03 Å². The van der Waals surface area contributed by atoms with Gasteiger partial charge in [-0.25, -0.2) is 4.79 Å². The van der Waals surface area contributed by atoms with Crippen molar-refractivity contribution in [1.82, 2.24) is 15.5 Å². The highest BCUT2D eigenvalue weighted by Gasteiger charge is 2.13.